The molecular formula is C22H18F2N6O2. The van der Waals surface area contributed by atoms with Crippen molar-refractivity contribution in [1.82, 2.24) is 19.5 Å². The van der Waals surface area contributed by atoms with Crippen molar-refractivity contribution in [2.75, 3.05) is 10.6 Å². The summed E-state index contributed by atoms with van der Waals surface area (Å²) in [4.78, 5) is 24.7. The summed E-state index contributed by atoms with van der Waals surface area (Å²) in [5.74, 6) is -0.143. The molecule has 2 heterocycles. The molecule has 0 aliphatic carbocycles. The Bertz CT molecular complexity index is 1270. The Morgan fingerprint density at radius 1 is 0.969 bits per heavy atom. The average Bonchev–Trinajstić information content (AvgIpc) is 3.10. The Hall–Kier alpha value is -4.34. The largest absolute Gasteiger partial charge is 0.439 e. The molecule has 0 spiro atoms. The lowest BCUT2D eigenvalue weighted by atomic mass is 10.3. The zero-order chi connectivity index (χ0) is 22.7. The number of nitrogens with one attached hydrogen (secondary N) is 2. The lowest BCUT2D eigenvalue weighted by molar-refractivity contribution is 0.262. The van der Waals surface area contributed by atoms with Crippen molar-refractivity contribution in [1.29, 1.82) is 0 Å². The zero-order valence-corrected chi connectivity index (χ0v) is 17.1. The Morgan fingerprint density at radius 2 is 1.75 bits per heavy atom. The summed E-state index contributed by atoms with van der Waals surface area (Å²) < 4.78 is 34.2. The van der Waals surface area contributed by atoms with Gasteiger partial charge in [-0.05, 0) is 50.2 Å². The minimum absolute atomic E-state index is 0.133. The van der Waals surface area contributed by atoms with Gasteiger partial charge in [0.15, 0.2) is 0 Å². The van der Waals surface area contributed by atoms with E-state index in [-0.39, 0.29) is 5.69 Å². The fraction of sp³-hybridized carbons (Fsp3) is 0.0909. The fourth-order valence-corrected chi connectivity index (χ4v) is 2.85. The van der Waals surface area contributed by atoms with Gasteiger partial charge in [-0.25, -0.2) is 28.5 Å². The van der Waals surface area contributed by atoms with Gasteiger partial charge in [0.2, 0.25) is 5.88 Å². The molecule has 32 heavy (non-hydrogen) atoms. The molecule has 0 saturated heterocycles. The highest BCUT2D eigenvalue weighted by molar-refractivity contribution is 5.99. The van der Waals surface area contributed by atoms with Crippen molar-refractivity contribution in [3.8, 4) is 17.4 Å². The molecule has 2 aromatic heterocycles. The standard InChI is InChI=1S/C22H18F2N6O2/c1-13-14(2)30(12-27-13)20-10-21(26-11-25-20)32-17-6-4-16(5-7-17)28-22(31)29-19-8-3-15(23)9-18(19)24/h3-12H,1-2H3,(H2,28,29,31). The third-order valence-electron chi connectivity index (χ3n) is 4.64. The monoisotopic (exact) mass is 436 g/mol. The van der Waals surface area contributed by atoms with Crippen LogP contribution in [-0.4, -0.2) is 25.6 Å². The van der Waals surface area contributed by atoms with E-state index < -0.39 is 17.7 Å². The average molecular weight is 436 g/mol. The number of hydrogen-bond donors (Lipinski definition) is 2. The maximum atomic E-state index is 13.7. The molecule has 0 radical (unpaired) electrons. The minimum Gasteiger partial charge on any atom is -0.439 e. The molecule has 0 bridgehead atoms. The van der Waals surface area contributed by atoms with Gasteiger partial charge in [-0.1, -0.05) is 0 Å². The van der Waals surface area contributed by atoms with Crippen molar-refractivity contribution < 1.29 is 18.3 Å². The zero-order valence-electron chi connectivity index (χ0n) is 17.1. The van der Waals surface area contributed by atoms with Crippen LogP contribution in [0.5, 0.6) is 11.6 Å². The summed E-state index contributed by atoms with van der Waals surface area (Å²) in [6.45, 7) is 3.85. The second-order valence-corrected chi connectivity index (χ2v) is 6.83. The van der Waals surface area contributed by atoms with Crippen LogP contribution in [0.3, 0.4) is 0 Å². The van der Waals surface area contributed by atoms with Crippen molar-refractivity contribution in [2.45, 2.75) is 13.8 Å². The van der Waals surface area contributed by atoms with E-state index in [0.29, 0.717) is 29.2 Å². The van der Waals surface area contributed by atoms with E-state index in [1.165, 1.54) is 6.33 Å². The normalized spacial score (nSPS) is 10.6. The van der Waals surface area contributed by atoms with Crippen molar-refractivity contribution in [3.05, 3.63) is 84.2 Å². The first-order valence-electron chi connectivity index (χ1n) is 9.53. The highest BCUT2D eigenvalue weighted by Gasteiger charge is 2.10. The summed E-state index contributed by atoms with van der Waals surface area (Å²) >= 11 is 0. The molecule has 10 heteroatoms. The summed E-state index contributed by atoms with van der Waals surface area (Å²) in [7, 11) is 0. The van der Waals surface area contributed by atoms with E-state index in [1.54, 1.807) is 36.7 Å². The van der Waals surface area contributed by atoms with E-state index in [1.807, 2.05) is 18.4 Å². The first kappa shape index (κ1) is 20.9. The molecule has 8 nitrogen and oxygen atoms in total. The van der Waals surface area contributed by atoms with Crippen LogP contribution in [0.15, 0.2) is 61.2 Å². The molecular weight excluding hydrogens is 418 g/mol. The molecule has 0 aliphatic rings. The molecule has 0 fully saturated rings. The van der Waals surface area contributed by atoms with Gasteiger partial charge in [0.1, 0.15) is 35.9 Å². The van der Waals surface area contributed by atoms with Crippen LogP contribution in [0, 0.1) is 25.5 Å². The number of rotatable bonds is 5. The number of anilines is 2. The predicted octanol–water partition coefficient (Wildman–Crippen LogP) is 4.99. The summed E-state index contributed by atoms with van der Waals surface area (Å²) in [6, 6.07) is 10.4. The summed E-state index contributed by atoms with van der Waals surface area (Å²) in [5.41, 5.74) is 2.18. The number of aromatic nitrogens is 4. The van der Waals surface area contributed by atoms with Gasteiger partial charge in [0, 0.05) is 23.5 Å². The lowest BCUT2D eigenvalue weighted by Crippen LogP contribution is -2.20. The van der Waals surface area contributed by atoms with Crippen LogP contribution in [0.25, 0.3) is 5.82 Å². The van der Waals surface area contributed by atoms with Crippen LogP contribution in [0.2, 0.25) is 0 Å². The van der Waals surface area contributed by atoms with Crippen LogP contribution < -0.4 is 15.4 Å². The highest BCUT2D eigenvalue weighted by atomic mass is 19.1. The van der Waals surface area contributed by atoms with Gasteiger partial charge in [-0.2, -0.15) is 0 Å². The number of nitrogens with zero attached hydrogens (tertiary/aromatic N) is 4. The van der Waals surface area contributed by atoms with Crippen LogP contribution >= 0.6 is 0 Å². The van der Waals surface area contributed by atoms with E-state index in [0.717, 1.165) is 23.5 Å². The number of aryl methyl sites for hydroxylation is 1. The van der Waals surface area contributed by atoms with Crippen molar-refractivity contribution in [2.24, 2.45) is 0 Å². The van der Waals surface area contributed by atoms with Crippen LogP contribution in [0.4, 0.5) is 25.0 Å². The van der Waals surface area contributed by atoms with Gasteiger partial charge in [0.05, 0.1) is 11.4 Å². The van der Waals surface area contributed by atoms with E-state index >= 15 is 0 Å². The molecule has 2 N–H and O–H groups in total. The number of halogens is 2. The van der Waals surface area contributed by atoms with Crippen LogP contribution in [-0.2, 0) is 0 Å². The van der Waals surface area contributed by atoms with Gasteiger partial charge in [-0.15, -0.1) is 0 Å². The number of hydrogen-bond acceptors (Lipinski definition) is 5. The lowest BCUT2D eigenvalue weighted by Gasteiger charge is -2.10. The first-order chi connectivity index (χ1) is 15.4. The number of imidazole rings is 1. The smallest absolute Gasteiger partial charge is 0.323 e. The van der Waals surface area contributed by atoms with E-state index in [9.17, 15) is 13.6 Å². The maximum absolute atomic E-state index is 13.7. The Labute approximate surface area is 181 Å². The number of benzene rings is 2. The molecule has 162 valence electrons. The van der Waals surface area contributed by atoms with Gasteiger partial charge in [0.25, 0.3) is 0 Å². The molecule has 0 atom stereocenters. The third kappa shape index (κ3) is 4.69. The second-order valence-electron chi connectivity index (χ2n) is 6.83. The highest BCUT2D eigenvalue weighted by Crippen LogP contribution is 2.23. The fourth-order valence-electron chi connectivity index (χ4n) is 2.85. The molecule has 0 saturated carbocycles. The Morgan fingerprint density at radius 3 is 2.44 bits per heavy atom. The summed E-state index contributed by atoms with van der Waals surface area (Å²) in [6.07, 6.45) is 3.08. The second kappa shape index (κ2) is 8.80. The molecule has 4 rings (SSSR count). The van der Waals surface area contributed by atoms with Crippen LogP contribution in [0.1, 0.15) is 11.4 Å². The Balaban J connectivity index is 1.40. The predicted molar refractivity (Wildman–Crippen MR) is 114 cm³/mol. The van der Waals surface area contributed by atoms with E-state index in [2.05, 4.69) is 25.6 Å². The Kier molecular flexibility index (Phi) is 5.75. The first-order valence-corrected chi connectivity index (χ1v) is 9.53. The summed E-state index contributed by atoms with van der Waals surface area (Å²) in [5, 5.41) is 4.88. The quantitative estimate of drug-likeness (QED) is 0.460. The van der Waals surface area contributed by atoms with Gasteiger partial charge in [-0.3, -0.25) is 4.57 Å². The molecule has 2 aromatic carbocycles. The third-order valence-corrected chi connectivity index (χ3v) is 4.64. The van der Waals surface area contributed by atoms with E-state index in [4.69, 9.17) is 4.74 Å². The molecule has 0 unspecified atom stereocenters. The minimum atomic E-state index is -0.867. The van der Waals surface area contributed by atoms with Crippen molar-refractivity contribution in [3.63, 3.8) is 0 Å². The molecule has 0 aliphatic heterocycles. The number of ether oxygens (including phenoxy) is 1. The number of amides is 2. The molecule has 4 aromatic rings. The number of urea groups is 1. The number of carbonyl (C=O) groups excluding carboxylic acids is 1. The maximum Gasteiger partial charge on any atom is 0.323 e. The topological polar surface area (TPSA) is 94.0 Å². The SMILES string of the molecule is Cc1ncn(-c2cc(Oc3ccc(NC(=O)Nc4ccc(F)cc4F)cc3)ncn2)c1C. The molecule has 2 amide bonds. The van der Waals surface area contributed by atoms with Crippen molar-refractivity contribution >= 4 is 17.4 Å². The van der Waals surface area contributed by atoms with Gasteiger partial charge >= 0.3 is 6.03 Å². The van der Waals surface area contributed by atoms with Gasteiger partial charge < -0.3 is 15.4 Å². The number of carbonyl (C=O) groups is 1.